The van der Waals surface area contributed by atoms with E-state index in [2.05, 4.69) is 20.0 Å². The Labute approximate surface area is 100 Å². The van der Waals surface area contributed by atoms with Crippen molar-refractivity contribution < 1.29 is 0 Å². The SMILES string of the molecule is C1CC(CCNc2nc(C3CC3)ns2)CN1. The van der Waals surface area contributed by atoms with Crippen LogP contribution in [-0.4, -0.2) is 29.0 Å². The quantitative estimate of drug-likeness (QED) is 0.821. The topological polar surface area (TPSA) is 49.8 Å². The van der Waals surface area contributed by atoms with E-state index in [0.717, 1.165) is 23.4 Å². The van der Waals surface area contributed by atoms with Crippen LogP contribution in [-0.2, 0) is 0 Å². The fourth-order valence-corrected chi connectivity index (χ4v) is 2.83. The van der Waals surface area contributed by atoms with Gasteiger partial charge in [0.05, 0.1) is 0 Å². The average molecular weight is 238 g/mol. The highest BCUT2D eigenvalue weighted by Crippen LogP contribution is 2.39. The molecule has 2 N–H and O–H groups in total. The van der Waals surface area contributed by atoms with E-state index in [0.29, 0.717) is 5.92 Å². The summed E-state index contributed by atoms with van der Waals surface area (Å²) in [6.07, 6.45) is 5.13. The van der Waals surface area contributed by atoms with Crippen LogP contribution in [0.3, 0.4) is 0 Å². The van der Waals surface area contributed by atoms with Crippen molar-refractivity contribution in [2.45, 2.75) is 31.6 Å². The highest BCUT2D eigenvalue weighted by Gasteiger charge is 2.27. The van der Waals surface area contributed by atoms with Crippen molar-refractivity contribution in [3.05, 3.63) is 5.82 Å². The first-order chi connectivity index (χ1) is 7.92. The monoisotopic (exact) mass is 238 g/mol. The highest BCUT2D eigenvalue weighted by molar-refractivity contribution is 7.09. The maximum Gasteiger partial charge on any atom is 0.202 e. The Balaban J connectivity index is 1.42. The largest absolute Gasteiger partial charge is 0.360 e. The zero-order valence-corrected chi connectivity index (χ0v) is 10.2. The van der Waals surface area contributed by atoms with E-state index in [1.54, 1.807) is 0 Å². The maximum atomic E-state index is 4.52. The molecule has 2 heterocycles. The average Bonchev–Trinajstić information content (AvgIpc) is 2.83. The summed E-state index contributed by atoms with van der Waals surface area (Å²) in [4.78, 5) is 4.52. The van der Waals surface area contributed by atoms with Gasteiger partial charge in [0, 0.05) is 24.0 Å². The first-order valence-corrected chi connectivity index (χ1v) is 6.97. The lowest BCUT2D eigenvalue weighted by Gasteiger charge is -2.07. The third-order valence-corrected chi connectivity index (χ3v) is 4.06. The van der Waals surface area contributed by atoms with E-state index in [-0.39, 0.29) is 0 Å². The van der Waals surface area contributed by atoms with Crippen LogP contribution in [0.15, 0.2) is 0 Å². The molecule has 2 aliphatic rings. The minimum atomic E-state index is 0.672. The minimum Gasteiger partial charge on any atom is -0.360 e. The molecule has 88 valence electrons. The molecule has 0 radical (unpaired) electrons. The minimum absolute atomic E-state index is 0.672. The fourth-order valence-electron chi connectivity index (χ4n) is 2.16. The molecular weight excluding hydrogens is 220 g/mol. The van der Waals surface area contributed by atoms with Crippen molar-refractivity contribution >= 4 is 16.7 Å². The Morgan fingerprint density at radius 3 is 3.06 bits per heavy atom. The number of anilines is 1. The van der Waals surface area contributed by atoms with Crippen molar-refractivity contribution in [2.75, 3.05) is 25.0 Å². The summed E-state index contributed by atoms with van der Waals surface area (Å²) in [5, 5.41) is 7.79. The van der Waals surface area contributed by atoms with Gasteiger partial charge >= 0.3 is 0 Å². The molecule has 1 aromatic rings. The summed E-state index contributed by atoms with van der Waals surface area (Å²) in [7, 11) is 0. The van der Waals surface area contributed by atoms with E-state index < -0.39 is 0 Å². The van der Waals surface area contributed by atoms with Crippen LogP contribution >= 0.6 is 11.5 Å². The van der Waals surface area contributed by atoms with Crippen LogP contribution in [0, 0.1) is 5.92 Å². The third kappa shape index (κ3) is 2.52. The predicted molar refractivity (Wildman–Crippen MR) is 66.0 cm³/mol. The predicted octanol–water partition coefficient (Wildman–Crippen LogP) is 1.83. The molecule has 1 saturated heterocycles. The maximum absolute atomic E-state index is 4.52. The Hall–Kier alpha value is -0.680. The van der Waals surface area contributed by atoms with Gasteiger partial charge in [0.1, 0.15) is 5.82 Å². The molecule has 4 nitrogen and oxygen atoms in total. The van der Waals surface area contributed by atoms with Gasteiger partial charge in [-0.3, -0.25) is 0 Å². The summed E-state index contributed by atoms with van der Waals surface area (Å²) < 4.78 is 4.38. The molecule has 0 amide bonds. The molecule has 1 unspecified atom stereocenters. The first-order valence-electron chi connectivity index (χ1n) is 6.20. The molecule has 1 atom stereocenters. The van der Waals surface area contributed by atoms with E-state index in [1.165, 1.54) is 50.3 Å². The summed E-state index contributed by atoms with van der Waals surface area (Å²) >= 11 is 1.51. The van der Waals surface area contributed by atoms with Gasteiger partial charge in [0.15, 0.2) is 0 Å². The van der Waals surface area contributed by atoms with E-state index in [9.17, 15) is 0 Å². The van der Waals surface area contributed by atoms with Gasteiger partial charge < -0.3 is 10.6 Å². The van der Waals surface area contributed by atoms with Crippen molar-refractivity contribution in [2.24, 2.45) is 5.92 Å². The van der Waals surface area contributed by atoms with E-state index in [1.807, 2.05) is 0 Å². The second-order valence-electron chi connectivity index (χ2n) is 4.81. The summed E-state index contributed by atoms with van der Waals surface area (Å²) in [5.74, 6) is 2.59. The standard InChI is InChI=1S/C11H18N4S/c1-2-9(1)10-14-11(16-15-10)13-6-4-8-3-5-12-7-8/h8-9,12H,1-7H2,(H,13,14,15). The summed E-state index contributed by atoms with van der Waals surface area (Å²) in [6.45, 7) is 3.41. The van der Waals surface area contributed by atoms with Crippen LogP contribution < -0.4 is 10.6 Å². The molecule has 1 aromatic heterocycles. The Kier molecular flexibility index (Phi) is 3.06. The number of nitrogens with zero attached hydrogens (tertiary/aromatic N) is 2. The number of hydrogen-bond acceptors (Lipinski definition) is 5. The van der Waals surface area contributed by atoms with Gasteiger partial charge in [-0.15, -0.1) is 0 Å². The molecule has 5 heteroatoms. The number of aromatic nitrogens is 2. The van der Waals surface area contributed by atoms with Gasteiger partial charge in [-0.05, 0) is 44.7 Å². The molecule has 0 spiro atoms. The van der Waals surface area contributed by atoms with Crippen LogP contribution in [0.1, 0.15) is 37.4 Å². The molecule has 2 fully saturated rings. The lowest BCUT2D eigenvalue weighted by Crippen LogP contribution is -2.12. The Morgan fingerprint density at radius 2 is 2.31 bits per heavy atom. The fraction of sp³-hybridized carbons (Fsp3) is 0.818. The number of hydrogen-bond donors (Lipinski definition) is 2. The highest BCUT2D eigenvalue weighted by atomic mass is 32.1. The molecule has 16 heavy (non-hydrogen) atoms. The lowest BCUT2D eigenvalue weighted by atomic mass is 10.1. The molecule has 1 saturated carbocycles. The summed E-state index contributed by atoms with van der Waals surface area (Å²) in [6, 6.07) is 0. The van der Waals surface area contributed by atoms with Crippen LogP contribution in [0.4, 0.5) is 5.13 Å². The van der Waals surface area contributed by atoms with Gasteiger partial charge in [0.2, 0.25) is 5.13 Å². The normalized spacial score (nSPS) is 24.9. The third-order valence-electron chi connectivity index (χ3n) is 3.38. The van der Waals surface area contributed by atoms with E-state index >= 15 is 0 Å². The van der Waals surface area contributed by atoms with Crippen molar-refractivity contribution in [1.82, 2.24) is 14.7 Å². The van der Waals surface area contributed by atoms with Gasteiger partial charge in [-0.1, -0.05) is 0 Å². The number of nitrogens with one attached hydrogen (secondary N) is 2. The molecule has 0 bridgehead atoms. The van der Waals surface area contributed by atoms with Crippen LogP contribution in [0.25, 0.3) is 0 Å². The van der Waals surface area contributed by atoms with Crippen molar-refractivity contribution in [3.63, 3.8) is 0 Å². The van der Waals surface area contributed by atoms with E-state index in [4.69, 9.17) is 0 Å². The second kappa shape index (κ2) is 4.67. The van der Waals surface area contributed by atoms with Crippen molar-refractivity contribution in [3.8, 4) is 0 Å². The van der Waals surface area contributed by atoms with Gasteiger partial charge in [-0.2, -0.15) is 4.37 Å². The molecular formula is C11H18N4S. The zero-order valence-electron chi connectivity index (χ0n) is 9.41. The molecule has 1 aliphatic carbocycles. The Bertz CT molecular complexity index is 342. The molecule has 1 aliphatic heterocycles. The lowest BCUT2D eigenvalue weighted by molar-refractivity contribution is 0.549. The first kappa shape index (κ1) is 10.5. The van der Waals surface area contributed by atoms with Gasteiger partial charge in [-0.25, -0.2) is 4.98 Å². The second-order valence-corrected chi connectivity index (χ2v) is 5.56. The van der Waals surface area contributed by atoms with Crippen LogP contribution in [0.2, 0.25) is 0 Å². The molecule has 0 aromatic carbocycles. The molecule has 3 rings (SSSR count). The summed E-state index contributed by atoms with van der Waals surface area (Å²) in [5.41, 5.74) is 0. The Morgan fingerprint density at radius 1 is 1.38 bits per heavy atom. The zero-order chi connectivity index (χ0) is 10.8. The van der Waals surface area contributed by atoms with Crippen LogP contribution in [0.5, 0.6) is 0 Å². The number of rotatable bonds is 5. The van der Waals surface area contributed by atoms with Crippen molar-refractivity contribution in [1.29, 1.82) is 0 Å². The smallest absolute Gasteiger partial charge is 0.202 e. The van der Waals surface area contributed by atoms with Gasteiger partial charge in [0.25, 0.3) is 0 Å².